The number of halogens is 2. The van der Waals surface area contributed by atoms with E-state index in [1.807, 2.05) is 0 Å². The molecule has 9 heteroatoms. The highest BCUT2D eigenvalue weighted by molar-refractivity contribution is 6.39. The van der Waals surface area contributed by atoms with Gasteiger partial charge in [0.2, 0.25) is 0 Å². The number of amides is 2. The molecular weight excluding hydrogens is 439 g/mol. The van der Waals surface area contributed by atoms with Crippen LogP contribution in [0.2, 0.25) is 5.02 Å². The van der Waals surface area contributed by atoms with Gasteiger partial charge in [-0.05, 0) is 60.5 Å². The van der Waals surface area contributed by atoms with Crippen molar-refractivity contribution >= 4 is 29.1 Å². The SMILES string of the molecule is COc1ccc(Oc2c(C)cc(NC(=O)C(=O)NO)cc2Cl)cc1Cc1ccc(F)cc1. The normalized spacial score (nSPS) is 10.4. The van der Waals surface area contributed by atoms with Gasteiger partial charge in [0.05, 0.1) is 12.1 Å². The number of anilines is 1. The predicted molar refractivity (Wildman–Crippen MR) is 117 cm³/mol. The monoisotopic (exact) mass is 458 g/mol. The Morgan fingerprint density at radius 1 is 1.06 bits per heavy atom. The van der Waals surface area contributed by atoms with Gasteiger partial charge < -0.3 is 14.8 Å². The molecule has 166 valence electrons. The summed E-state index contributed by atoms with van der Waals surface area (Å²) in [5.41, 5.74) is 3.87. The molecule has 0 aromatic heterocycles. The molecule has 0 saturated heterocycles. The van der Waals surface area contributed by atoms with Gasteiger partial charge in [-0.15, -0.1) is 0 Å². The summed E-state index contributed by atoms with van der Waals surface area (Å²) in [6.07, 6.45) is 0.505. The van der Waals surface area contributed by atoms with Crippen LogP contribution in [-0.2, 0) is 16.0 Å². The molecule has 0 spiro atoms. The molecule has 0 atom stereocenters. The second-order valence-electron chi connectivity index (χ2n) is 6.88. The standard InChI is InChI=1S/C23H20ClFN2O5/c1-13-9-17(26-22(28)23(29)27-30)12-19(24)21(13)32-18-7-8-20(31-2)15(11-18)10-14-3-5-16(25)6-4-14/h3-9,11-12,30H,10H2,1-2H3,(H,26,28)(H,27,29). The van der Waals surface area contributed by atoms with Crippen molar-refractivity contribution in [2.45, 2.75) is 13.3 Å². The molecular formula is C23H20ClFN2O5. The van der Waals surface area contributed by atoms with Gasteiger partial charge in [-0.1, -0.05) is 23.7 Å². The van der Waals surface area contributed by atoms with Crippen LogP contribution in [0.1, 0.15) is 16.7 Å². The van der Waals surface area contributed by atoms with Crippen molar-refractivity contribution in [3.05, 3.63) is 82.1 Å². The van der Waals surface area contributed by atoms with Gasteiger partial charge in [0.15, 0.2) is 0 Å². The molecule has 0 saturated carbocycles. The topological polar surface area (TPSA) is 96.9 Å². The third-order valence-electron chi connectivity index (χ3n) is 4.57. The van der Waals surface area contributed by atoms with Crippen molar-refractivity contribution in [1.29, 1.82) is 0 Å². The lowest BCUT2D eigenvalue weighted by Gasteiger charge is -2.15. The zero-order chi connectivity index (χ0) is 23.3. The van der Waals surface area contributed by atoms with Gasteiger partial charge in [0.1, 0.15) is 23.1 Å². The van der Waals surface area contributed by atoms with Crippen molar-refractivity contribution in [2.24, 2.45) is 0 Å². The molecule has 3 N–H and O–H groups in total. The maximum atomic E-state index is 13.2. The molecule has 0 aliphatic rings. The van der Waals surface area contributed by atoms with Gasteiger partial charge in [0.25, 0.3) is 0 Å². The van der Waals surface area contributed by atoms with E-state index in [1.54, 1.807) is 50.4 Å². The minimum atomic E-state index is -1.20. The van der Waals surface area contributed by atoms with E-state index in [2.05, 4.69) is 5.32 Å². The fourth-order valence-electron chi connectivity index (χ4n) is 3.07. The van der Waals surface area contributed by atoms with E-state index in [-0.39, 0.29) is 16.5 Å². The Morgan fingerprint density at radius 3 is 2.41 bits per heavy atom. The largest absolute Gasteiger partial charge is 0.496 e. The Bertz CT molecular complexity index is 1130. The summed E-state index contributed by atoms with van der Waals surface area (Å²) in [6.45, 7) is 1.73. The van der Waals surface area contributed by atoms with E-state index in [1.165, 1.54) is 23.7 Å². The van der Waals surface area contributed by atoms with E-state index < -0.39 is 11.8 Å². The lowest BCUT2D eigenvalue weighted by molar-refractivity contribution is -0.141. The first-order chi connectivity index (χ1) is 15.3. The van der Waals surface area contributed by atoms with Gasteiger partial charge >= 0.3 is 11.8 Å². The van der Waals surface area contributed by atoms with E-state index >= 15 is 0 Å². The summed E-state index contributed by atoms with van der Waals surface area (Å²) in [5, 5.41) is 11.1. The quantitative estimate of drug-likeness (QED) is 0.284. The van der Waals surface area contributed by atoms with Crippen molar-refractivity contribution in [3.8, 4) is 17.2 Å². The molecule has 3 aromatic rings. The summed E-state index contributed by atoms with van der Waals surface area (Å²) in [5.74, 6) is -1.02. The predicted octanol–water partition coefficient (Wildman–Crippen LogP) is 4.62. The number of hydrogen-bond donors (Lipinski definition) is 3. The number of carbonyl (C=O) groups excluding carboxylic acids is 2. The number of hydrogen-bond acceptors (Lipinski definition) is 5. The van der Waals surface area contributed by atoms with Gasteiger partial charge in [-0.25, -0.2) is 9.87 Å². The average Bonchev–Trinajstić information content (AvgIpc) is 2.77. The average molecular weight is 459 g/mol. The maximum Gasteiger partial charge on any atom is 0.332 e. The zero-order valence-electron chi connectivity index (χ0n) is 17.2. The first-order valence-electron chi connectivity index (χ1n) is 9.45. The fraction of sp³-hybridized carbons (Fsp3) is 0.130. The van der Waals surface area contributed by atoms with Crippen LogP contribution in [0.4, 0.5) is 10.1 Å². The van der Waals surface area contributed by atoms with Gasteiger partial charge in [-0.2, -0.15) is 0 Å². The van der Waals surface area contributed by atoms with E-state index in [0.29, 0.717) is 29.2 Å². The lowest BCUT2D eigenvalue weighted by Crippen LogP contribution is -2.33. The first-order valence-corrected chi connectivity index (χ1v) is 9.83. The molecule has 3 aromatic carbocycles. The van der Waals surface area contributed by atoms with E-state index in [4.69, 9.17) is 26.3 Å². The van der Waals surface area contributed by atoms with Crippen LogP contribution in [-0.4, -0.2) is 24.1 Å². The number of carbonyl (C=O) groups is 2. The second-order valence-corrected chi connectivity index (χ2v) is 7.29. The van der Waals surface area contributed by atoms with E-state index in [0.717, 1.165) is 11.1 Å². The molecule has 7 nitrogen and oxygen atoms in total. The molecule has 3 rings (SSSR count). The minimum absolute atomic E-state index is 0.209. The maximum absolute atomic E-state index is 13.2. The molecule has 0 unspecified atom stereocenters. The fourth-order valence-corrected chi connectivity index (χ4v) is 3.37. The number of nitrogens with one attached hydrogen (secondary N) is 2. The summed E-state index contributed by atoms with van der Waals surface area (Å²) < 4.78 is 24.6. The molecule has 0 aliphatic carbocycles. The number of rotatable bonds is 6. The zero-order valence-corrected chi connectivity index (χ0v) is 18.0. The van der Waals surface area contributed by atoms with Crippen molar-refractivity contribution < 1.29 is 28.7 Å². The number of hydroxylamine groups is 1. The van der Waals surface area contributed by atoms with Gasteiger partial charge in [0, 0.05) is 17.7 Å². The highest BCUT2D eigenvalue weighted by Crippen LogP contribution is 2.37. The molecule has 0 radical (unpaired) electrons. The van der Waals surface area contributed by atoms with Crippen LogP contribution in [0, 0.1) is 12.7 Å². The Balaban J connectivity index is 1.84. The van der Waals surface area contributed by atoms with Crippen LogP contribution in [0.3, 0.4) is 0 Å². The second kappa shape index (κ2) is 10.1. The Hall–Kier alpha value is -3.62. The highest BCUT2D eigenvalue weighted by atomic mass is 35.5. The molecule has 0 bridgehead atoms. The summed E-state index contributed by atoms with van der Waals surface area (Å²) in [6, 6.07) is 14.5. The van der Waals surface area contributed by atoms with Crippen LogP contribution in [0.25, 0.3) is 0 Å². The molecule has 0 aliphatic heterocycles. The smallest absolute Gasteiger partial charge is 0.332 e. The van der Waals surface area contributed by atoms with Crippen LogP contribution >= 0.6 is 11.6 Å². The Labute approximate surface area is 188 Å². The number of ether oxygens (including phenoxy) is 2. The van der Waals surface area contributed by atoms with Crippen molar-refractivity contribution in [2.75, 3.05) is 12.4 Å². The van der Waals surface area contributed by atoms with Crippen LogP contribution in [0.5, 0.6) is 17.2 Å². The third kappa shape index (κ3) is 5.54. The van der Waals surface area contributed by atoms with Crippen molar-refractivity contribution in [1.82, 2.24) is 5.48 Å². The van der Waals surface area contributed by atoms with Gasteiger partial charge in [-0.3, -0.25) is 14.8 Å². The minimum Gasteiger partial charge on any atom is -0.496 e. The third-order valence-corrected chi connectivity index (χ3v) is 4.86. The van der Waals surface area contributed by atoms with Crippen molar-refractivity contribution in [3.63, 3.8) is 0 Å². The molecule has 32 heavy (non-hydrogen) atoms. The number of benzene rings is 3. The number of methoxy groups -OCH3 is 1. The Kier molecular flexibility index (Phi) is 7.29. The lowest BCUT2D eigenvalue weighted by atomic mass is 10.0. The van der Waals surface area contributed by atoms with Crippen LogP contribution < -0.4 is 20.3 Å². The summed E-state index contributed by atoms with van der Waals surface area (Å²) >= 11 is 6.34. The molecule has 2 amide bonds. The Morgan fingerprint density at radius 2 is 1.78 bits per heavy atom. The molecule has 0 fully saturated rings. The van der Waals surface area contributed by atoms with E-state index in [9.17, 15) is 14.0 Å². The summed E-state index contributed by atoms with van der Waals surface area (Å²) in [7, 11) is 1.56. The van der Waals surface area contributed by atoms with Crippen LogP contribution in [0.15, 0.2) is 54.6 Å². The molecule has 0 heterocycles. The highest BCUT2D eigenvalue weighted by Gasteiger charge is 2.16. The summed E-state index contributed by atoms with van der Waals surface area (Å²) in [4.78, 5) is 22.8. The first kappa shape index (κ1) is 23.1. The number of aryl methyl sites for hydroxylation is 1.